The topological polar surface area (TPSA) is 81.9 Å². The van der Waals surface area contributed by atoms with Crippen molar-refractivity contribution in [1.29, 1.82) is 0 Å². The second kappa shape index (κ2) is 12.3. The number of rotatable bonds is 3. The molecule has 2 aromatic rings. The molecule has 0 atom stereocenters. The SMILES string of the molecule is C1COCCO1.COc1ccccc1C1CCNCC1.c1nnc(N2CC3(CCCC3)C2)o1. The van der Waals surface area contributed by atoms with Crippen LogP contribution in [0.25, 0.3) is 0 Å². The normalized spacial score (nSPS) is 21.9. The Hall–Kier alpha value is -2.16. The molecule has 0 radical (unpaired) electrons. The van der Waals surface area contributed by atoms with E-state index in [1.54, 1.807) is 7.11 Å². The molecular formula is C25H38N4O4. The summed E-state index contributed by atoms with van der Waals surface area (Å²) in [7, 11) is 1.75. The molecule has 8 heteroatoms. The van der Waals surface area contributed by atoms with Crippen LogP contribution in [0.2, 0.25) is 0 Å². The number of piperidine rings is 1. The first-order chi connectivity index (χ1) is 16.3. The van der Waals surface area contributed by atoms with E-state index in [4.69, 9.17) is 18.6 Å². The number of benzene rings is 1. The zero-order chi connectivity index (χ0) is 22.8. The quantitative estimate of drug-likeness (QED) is 0.747. The van der Waals surface area contributed by atoms with Crippen molar-refractivity contribution >= 4 is 6.01 Å². The lowest BCUT2D eigenvalue weighted by Gasteiger charge is -2.47. The number of anilines is 1. The third-order valence-corrected chi connectivity index (χ3v) is 7.00. The molecule has 1 aromatic carbocycles. The molecule has 1 saturated carbocycles. The Morgan fingerprint density at radius 1 is 1.00 bits per heavy atom. The van der Waals surface area contributed by atoms with Gasteiger partial charge in [0.15, 0.2) is 0 Å². The Morgan fingerprint density at radius 3 is 2.24 bits per heavy atom. The van der Waals surface area contributed by atoms with Crippen LogP contribution in [0.1, 0.15) is 50.0 Å². The van der Waals surface area contributed by atoms with Crippen LogP contribution < -0.4 is 15.0 Å². The van der Waals surface area contributed by atoms with Gasteiger partial charge in [-0.2, -0.15) is 0 Å². The van der Waals surface area contributed by atoms with E-state index in [1.165, 1.54) is 50.5 Å². The number of nitrogens with one attached hydrogen (secondary N) is 1. The van der Waals surface area contributed by atoms with Crippen LogP contribution in [0.4, 0.5) is 6.01 Å². The largest absolute Gasteiger partial charge is 0.496 e. The Kier molecular flexibility index (Phi) is 8.97. The highest BCUT2D eigenvalue weighted by atomic mass is 16.6. The van der Waals surface area contributed by atoms with Crippen LogP contribution in [-0.2, 0) is 9.47 Å². The molecule has 4 heterocycles. The molecule has 182 valence electrons. The third kappa shape index (κ3) is 6.68. The minimum atomic E-state index is 0.606. The fourth-order valence-corrected chi connectivity index (χ4v) is 5.22. The number of nitrogens with zero attached hydrogens (tertiary/aromatic N) is 3. The van der Waals surface area contributed by atoms with Crippen LogP contribution in [0.15, 0.2) is 35.1 Å². The highest BCUT2D eigenvalue weighted by molar-refractivity contribution is 5.36. The zero-order valence-electron chi connectivity index (χ0n) is 19.8. The van der Waals surface area contributed by atoms with E-state index in [1.807, 2.05) is 6.07 Å². The Morgan fingerprint density at radius 2 is 1.67 bits per heavy atom. The van der Waals surface area contributed by atoms with Crippen molar-refractivity contribution < 1.29 is 18.6 Å². The Labute approximate surface area is 197 Å². The Bertz CT molecular complexity index is 781. The van der Waals surface area contributed by atoms with Gasteiger partial charge in [-0.1, -0.05) is 36.1 Å². The molecule has 1 spiro atoms. The maximum Gasteiger partial charge on any atom is 0.317 e. The standard InChI is InChI=1S/C12H17NO.C9H13N3O.C4H8O2/c1-14-12-5-3-2-4-11(12)10-6-8-13-9-7-10;1-2-4-9(3-1)5-12(6-9)8-11-10-7-13-8;1-2-6-4-3-5-1/h2-5,10,13H,6-9H2,1H3;7H,1-6H2;1-4H2. The van der Waals surface area contributed by atoms with Gasteiger partial charge in [0.05, 0.1) is 33.5 Å². The number of aromatic nitrogens is 2. The maximum atomic E-state index is 5.38. The van der Waals surface area contributed by atoms with Gasteiger partial charge in [-0.25, -0.2) is 0 Å². The highest BCUT2D eigenvalue weighted by Crippen LogP contribution is 2.46. The predicted molar refractivity (Wildman–Crippen MR) is 127 cm³/mol. The molecule has 6 rings (SSSR count). The van der Waals surface area contributed by atoms with Crippen molar-refractivity contribution in [2.75, 3.05) is 64.6 Å². The summed E-state index contributed by atoms with van der Waals surface area (Å²) >= 11 is 0. The monoisotopic (exact) mass is 458 g/mol. The zero-order valence-corrected chi connectivity index (χ0v) is 19.8. The molecule has 3 aliphatic heterocycles. The van der Waals surface area contributed by atoms with Crippen LogP contribution in [0.5, 0.6) is 5.75 Å². The van der Waals surface area contributed by atoms with E-state index < -0.39 is 0 Å². The van der Waals surface area contributed by atoms with Crippen LogP contribution in [0, 0.1) is 5.41 Å². The van der Waals surface area contributed by atoms with Gasteiger partial charge in [0.2, 0.25) is 6.39 Å². The summed E-state index contributed by atoms with van der Waals surface area (Å²) in [5.74, 6) is 1.71. The molecular weight excluding hydrogens is 420 g/mol. The van der Waals surface area contributed by atoms with Gasteiger partial charge in [0.25, 0.3) is 0 Å². The lowest BCUT2D eigenvalue weighted by Crippen LogP contribution is -2.55. The summed E-state index contributed by atoms with van der Waals surface area (Å²) in [5, 5.41) is 11.0. The minimum absolute atomic E-state index is 0.606. The van der Waals surface area contributed by atoms with Gasteiger partial charge in [-0.15, -0.1) is 5.10 Å². The van der Waals surface area contributed by atoms with E-state index >= 15 is 0 Å². The average Bonchev–Trinajstić information content (AvgIpc) is 3.58. The maximum absolute atomic E-state index is 5.38. The molecule has 0 bridgehead atoms. The third-order valence-electron chi connectivity index (χ3n) is 7.00. The summed E-state index contributed by atoms with van der Waals surface area (Å²) in [6.45, 7) is 7.61. The second-order valence-electron chi connectivity index (χ2n) is 9.28. The van der Waals surface area contributed by atoms with Gasteiger partial charge in [-0.05, 0) is 56.3 Å². The van der Waals surface area contributed by atoms with Crippen LogP contribution in [-0.4, -0.2) is 69.9 Å². The van der Waals surface area contributed by atoms with Gasteiger partial charge >= 0.3 is 6.01 Å². The van der Waals surface area contributed by atoms with Gasteiger partial charge in [-0.3, -0.25) is 0 Å². The van der Waals surface area contributed by atoms with Gasteiger partial charge in [0, 0.05) is 18.5 Å². The van der Waals surface area contributed by atoms with Gasteiger partial charge < -0.3 is 28.8 Å². The first kappa shape index (κ1) is 24.0. The van der Waals surface area contributed by atoms with Crippen LogP contribution >= 0.6 is 0 Å². The molecule has 0 unspecified atom stereocenters. The fourth-order valence-electron chi connectivity index (χ4n) is 5.22. The summed E-state index contributed by atoms with van der Waals surface area (Å²) in [4.78, 5) is 2.18. The molecule has 1 aliphatic carbocycles. The second-order valence-corrected chi connectivity index (χ2v) is 9.28. The summed E-state index contributed by atoms with van der Waals surface area (Å²) in [6.07, 6.45) is 9.42. The first-order valence-corrected chi connectivity index (χ1v) is 12.3. The average molecular weight is 459 g/mol. The van der Waals surface area contributed by atoms with Crippen molar-refractivity contribution in [3.05, 3.63) is 36.2 Å². The van der Waals surface area contributed by atoms with E-state index in [-0.39, 0.29) is 0 Å². The van der Waals surface area contributed by atoms with Crippen molar-refractivity contribution in [1.82, 2.24) is 15.5 Å². The molecule has 3 saturated heterocycles. The summed E-state index contributed by atoms with van der Waals surface area (Å²) in [5.41, 5.74) is 1.98. The predicted octanol–water partition coefficient (Wildman–Crippen LogP) is 3.65. The first-order valence-electron chi connectivity index (χ1n) is 12.3. The highest BCUT2D eigenvalue weighted by Gasteiger charge is 2.46. The molecule has 4 aliphatic rings. The lowest BCUT2D eigenvalue weighted by atomic mass is 9.79. The van der Waals surface area contributed by atoms with Crippen LogP contribution in [0.3, 0.4) is 0 Å². The van der Waals surface area contributed by atoms with Crippen molar-refractivity contribution in [2.45, 2.75) is 44.4 Å². The fraction of sp³-hybridized carbons (Fsp3) is 0.680. The minimum Gasteiger partial charge on any atom is -0.496 e. The molecule has 4 fully saturated rings. The van der Waals surface area contributed by atoms with Crippen molar-refractivity contribution in [2.24, 2.45) is 5.41 Å². The number of hydrogen-bond acceptors (Lipinski definition) is 8. The van der Waals surface area contributed by atoms with E-state index in [9.17, 15) is 0 Å². The number of ether oxygens (including phenoxy) is 3. The summed E-state index contributed by atoms with van der Waals surface area (Å²) < 4.78 is 20.4. The van der Waals surface area contributed by atoms with E-state index in [0.717, 1.165) is 58.4 Å². The van der Waals surface area contributed by atoms with E-state index in [2.05, 4.69) is 38.6 Å². The van der Waals surface area contributed by atoms with Gasteiger partial charge in [0.1, 0.15) is 5.75 Å². The number of methoxy groups -OCH3 is 1. The Balaban J connectivity index is 0.000000127. The lowest BCUT2D eigenvalue weighted by molar-refractivity contribution is -0.0334. The molecule has 8 nitrogen and oxygen atoms in total. The molecule has 1 aromatic heterocycles. The molecule has 33 heavy (non-hydrogen) atoms. The van der Waals surface area contributed by atoms with Crippen molar-refractivity contribution in [3.8, 4) is 5.75 Å². The van der Waals surface area contributed by atoms with Crippen molar-refractivity contribution in [3.63, 3.8) is 0 Å². The molecule has 1 N–H and O–H groups in total. The van der Waals surface area contributed by atoms with E-state index in [0.29, 0.717) is 17.3 Å². The summed E-state index contributed by atoms with van der Waals surface area (Å²) in [6, 6.07) is 9.06. The smallest absolute Gasteiger partial charge is 0.317 e. The number of hydrogen-bond donors (Lipinski definition) is 1. The molecule has 0 amide bonds. The number of para-hydroxylation sites is 1.